The Bertz CT molecular complexity index is 339. The van der Waals surface area contributed by atoms with E-state index in [1.54, 1.807) is 21.3 Å². The zero-order valence-electron chi connectivity index (χ0n) is 10.9. The number of benzene rings is 1. The van der Waals surface area contributed by atoms with Crippen LogP contribution in [0.3, 0.4) is 0 Å². The number of hydrogen-bond acceptors (Lipinski definition) is 3. The Morgan fingerprint density at radius 3 is 1.50 bits per heavy atom. The van der Waals surface area contributed by atoms with Gasteiger partial charge in [-0.3, -0.25) is 0 Å². The van der Waals surface area contributed by atoms with E-state index in [0.717, 1.165) is 22.8 Å². The van der Waals surface area contributed by atoms with Gasteiger partial charge in [0, 0.05) is 17.7 Å². The Labute approximate surface area is 97.3 Å². The summed E-state index contributed by atoms with van der Waals surface area (Å²) < 4.78 is 16.0. The lowest BCUT2D eigenvalue weighted by molar-refractivity contribution is 0.355. The number of rotatable bonds is 3. The van der Waals surface area contributed by atoms with Gasteiger partial charge in [-0.1, -0.05) is 20.8 Å². The van der Waals surface area contributed by atoms with E-state index in [1.165, 1.54) is 0 Å². The van der Waals surface area contributed by atoms with Crippen LogP contribution in [0.2, 0.25) is 0 Å². The monoisotopic (exact) mass is 224 g/mol. The molecule has 0 aliphatic carbocycles. The van der Waals surface area contributed by atoms with Gasteiger partial charge in [-0.05, 0) is 5.41 Å². The topological polar surface area (TPSA) is 27.7 Å². The summed E-state index contributed by atoms with van der Waals surface area (Å²) in [6.45, 7) is 6.37. The maximum atomic E-state index is 5.40. The van der Waals surface area contributed by atoms with E-state index in [-0.39, 0.29) is 5.41 Å². The van der Waals surface area contributed by atoms with Gasteiger partial charge >= 0.3 is 0 Å². The molecule has 0 bridgehead atoms. The van der Waals surface area contributed by atoms with E-state index in [9.17, 15) is 0 Å². The largest absolute Gasteiger partial charge is 0.496 e. The van der Waals surface area contributed by atoms with E-state index in [2.05, 4.69) is 20.8 Å². The quantitative estimate of drug-likeness (QED) is 0.790. The average Bonchev–Trinajstić information content (AvgIpc) is 2.25. The molecule has 0 aliphatic heterocycles. The lowest BCUT2D eigenvalue weighted by Crippen LogP contribution is -2.14. The minimum Gasteiger partial charge on any atom is -0.496 e. The van der Waals surface area contributed by atoms with E-state index >= 15 is 0 Å². The Morgan fingerprint density at radius 2 is 1.25 bits per heavy atom. The number of hydrogen-bond donors (Lipinski definition) is 0. The summed E-state index contributed by atoms with van der Waals surface area (Å²) in [6, 6.07) is 3.76. The van der Waals surface area contributed by atoms with Gasteiger partial charge in [0.2, 0.25) is 0 Å². The van der Waals surface area contributed by atoms with Crippen LogP contribution in [0.15, 0.2) is 12.1 Å². The van der Waals surface area contributed by atoms with Crippen molar-refractivity contribution in [3.8, 4) is 17.2 Å². The summed E-state index contributed by atoms with van der Waals surface area (Å²) in [5, 5.41) is 0. The molecule has 16 heavy (non-hydrogen) atoms. The molecule has 0 saturated heterocycles. The van der Waals surface area contributed by atoms with Crippen molar-refractivity contribution in [1.29, 1.82) is 0 Å². The van der Waals surface area contributed by atoms with E-state index < -0.39 is 0 Å². The lowest BCUT2D eigenvalue weighted by atomic mass is 9.85. The Hall–Kier alpha value is -1.38. The summed E-state index contributed by atoms with van der Waals surface area (Å²) >= 11 is 0. The predicted molar refractivity (Wildman–Crippen MR) is 64.8 cm³/mol. The standard InChI is InChI=1S/C13H20O3/c1-13(2,3)12-10(15-5)7-9(14-4)8-11(12)16-6/h7-8H,1-6H3. The summed E-state index contributed by atoms with van der Waals surface area (Å²) in [7, 11) is 4.94. The Morgan fingerprint density at radius 1 is 0.812 bits per heavy atom. The van der Waals surface area contributed by atoms with Crippen LogP contribution in [0.25, 0.3) is 0 Å². The highest BCUT2D eigenvalue weighted by Crippen LogP contribution is 2.41. The van der Waals surface area contributed by atoms with E-state index in [4.69, 9.17) is 14.2 Å². The van der Waals surface area contributed by atoms with Crippen LogP contribution in [0, 0.1) is 0 Å². The van der Waals surface area contributed by atoms with Crippen molar-refractivity contribution in [3.63, 3.8) is 0 Å². The molecular weight excluding hydrogens is 204 g/mol. The van der Waals surface area contributed by atoms with Crippen LogP contribution >= 0.6 is 0 Å². The molecule has 3 nitrogen and oxygen atoms in total. The van der Waals surface area contributed by atoms with Crippen molar-refractivity contribution in [3.05, 3.63) is 17.7 Å². The summed E-state index contributed by atoms with van der Waals surface area (Å²) in [6.07, 6.45) is 0. The van der Waals surface area contributed by atoms with Gasteiger partial charge in [0.15, 0.2) is 0 Å². The third-order valence-corrected chi connectivity index (χ3v) is 2.47. The molecular formula is C13H20O3. The molecule has 0 heterocycles. The SMILES string of the molecule is COc1cc(OC)c(C(C)(C)C)c(OC)c1. The second kappa shape index (κ2) is 4.64. The van der Waals surface area contributed by atoms with Gasteiger partial charge < -0.3 is 14.2 Å². The molecule has 1 aromatic carbocycles. The van der Waals surface area contributed by atoms with E-state index in [1.807, 2.05) is 12.1 Å². The minimum absolute atomic E-state index is 0.0387. The zero-order valence-corrected chi connectivity index (χ0v) is 10.9. The molecule has 1 aromatic rings. The Kier molecular flexibility index (Phi) is 3.68. The highest BCUT2D eigenvalue weighted by atomic mass is 16.5. The average molecular weight is 224 g/mol. The smallest absolute Gasteiger partial charge is 0.129 e. The molecule has 0 aromatic heterocycles. The minimum atomic E-state index is -0.0387. The molecule has 3 heteroatoms. The summed E-state index contributed by atoms with van der Waals surface area (Å²) in [4.78, 5) is 0. The molecule has 1 rings (SSSR count). The van der Waals surface area contributed by atoms with Crippen molar-refractivity contribution in [2.24, 2.45) is 0 Å². The second-order valence-electron chi connectivity index (χ2n) is 4.66. The first-order valence-electron chi connectivity index (χ1n) is 5.24. The molecule has 90 valence electrons. The van der Waals surface area contributed by atoms with Crippen LogP contribution < -0.4 is 14.2 Å². The van der Waals surface area contributed by atoms with E-state index in [0.29, 0.717) is 0 Å². The molecule has 0 radical (unpaired) electrons. The summed E-state index contributed by atoms with van der Waals surface area (Å²) in [5.74, 6) is 2.33. The molecule has 0 aliphatic rings. The fourth-order valence-electron chi connectivity index (χ4n) is 1.74. The third kappa shape index (κ3) is 2.40. The number of methoxy groups -OCH3 is 3. The van der Waals surface area contributed by atoms with Crippen molar-refractivity contribution < 1.29 is 14.2 Å². The number of ether oxygens (including phenoxy) is 3. The third-order valence-electron chi connectivity index (χ3n) is 2.47. The molecule has 0 fully saturated rings. The normalized spacial score (nSPS) is 11.1. The van der Waals surface area contributed by atoms with Crippen molar-refractivity contribution in [2.45, 2.75) is 26.2 Å². The van der Waals surface area contributed by atoms with Crippen LogP contribution in [0.1, 0.15) is 26.3 Å². The second-order valence-corrected chi connectivity index (χ2v) is 4.66. The van der Waals surface area contributed by atoms with Crippen molar-refractivity contribution in [1.82, 2.24) is 0 Å². The van der Waals surface area contributed by atoms with Gasteiger partial charge in [-0.2, -0.15) is 0 Å². The van der Waals surface area contributed by atoms with Crippen LogP contribution in [0.5, 0.6) is 17.2 Å². The highest BCUT2D eigenvalue weighted by molar-refractivity contribution is 5.53. The maximum Gasteiger partial charge on any atom is 0.129 e. The first-order chi connectivity index (χ1) is 7.43. The first-order valence-corrected chi connectivity index (χ1v) is 5.24. The molecule has 0 N–H and O–H groups in total. The molecule has 0 unspecified atom stereocenters. The molecule has 0 spiro atoms. The van der Waals surface area contributed by atoms with Crippen molar-refractivity contribution in [2.75, 3.05) is 21.3 Å². The zero-order chi connectivity index (χ0) is 12.3. The fraction of sp³-hybridized carbons (Fsp3) is 0.538. The molecule has 0 atom stereocenters. The Balaban J connectivity index is 3.44. The van der Waals surface area contributed by atoms with Gasteiger partial charge in [0.1, 0.15) is 17.2 Å². The fourth-order valence-corrected chi connectivity index (χ4v) is 1.74. The molecule has 0 amide bonds. The van der Waals surface area contributed by atoms with Gasteiger partial charge in [0.05, 0.1) is 21.3 Å². The predicted octanol–water partition coefficient (Wildman–Crippen LogP) is 3.01. The first kappa shape index (κ1) is 12.7. The van der Waals surface area contributed by atoms with Crippen LogP contribution in [-0.4, -0.2) is 21.3 Å². The van der Waals surface area contributed by atoms with Crippen LogP contribution in [-0.2, 0) is 5.41 Å². The lowest BCUT2D eigenvalue weighted by Gasteiger charge is -2.25. The van der Waals surface area contributed by atoms with Crippen molar-refractivity contribution >= 4 is 0 Å². The van der Waals surface area contributed by atoms with Crippen LogP contribution in [0.4, 0.5) is 0 Å². The summed E-state index contributed by atoms with van der Waals surface area (Å²) in [5.41, 5.74) is 1.02. The molecule has 0 saturated carbocycles. The van der Waals surface area contributed by atoms with Gasteiger partial charge in [-0.15, -0.1) is 0 Å². The maximum absolute atomic E-state index is 5.40. The van der Waals surface area contributed by atoms with Gasteiger partial charge in [-0.25, -0.2) is 0 Å². The van der Waals surface area contributed by atoms with Gasteiger partial charge in [0.25, 0.3) is 0 Å². The highest BCUT2D eigenvalue weighted by Gasteiger charge is 2.24.